The van der Waals surface area contributed by atoms with Gasteiger partial charge in [0.2, 0.25) is 5.91 Å². The van der Waals surface area contributed by atoms with Crippen molar-refractivity contribution in [3.63, 3.8) is 0 Å². The topological polar surface area (TPSA) is 95.9 Å². The lowest BCUT2D eigenvalue weighted by Crippen LogP contribution is -2.42. The lowest BCUT2D eigenvalue weighted by molar-refractivity contribution is -0.120. The largest absolute Gasteiger partial charge is 0.497 e. The Kier molecular flexibility index (Phi) is 7.28. The summed E-state index contributed by atoms with van der Waals surface area (Å²) in [5, 5.41) is 12.9. The van der Waals surface area contributed by atoms with Gasteiger partial charge in [0.05, 0.1) is 23.8 Å². The van der Waals surface area contributed by atoms with E-state index in [0.717, 1.165) is 4.31 Å². The van der Waals surface area contributed by atoms with Gasteiger partial charge in [0.1, 0.15) is 12.3 Å². The Morgan fingerprint density at radius 1 is 0.968 bits per heavy atom. The van der Waals surface area contributed by atoms with Crippen molar-refractivity contribution in [3.05, 3.63) is 90.5 Å². The molecule has 1 atom stereocenters. The van der Waals surface area contributed by atoms with Crippen molar-refractivity contribution < 1.29 is 23.1 Å². The fourth-order valence-electron chi connectivity index (χ4n) is 2.97. The zero-order chi connectivity index (χ0) is 22.3. The summed E-state index contributed by atoms with van der Waals surface area (Å²) in [5.74, 6) is 0.0292. The Labute approximate surface area is 182 Å². The van der Waals surface area contributed by atoms with E-state index in [1.807, 2.05) is 6.07 Å². The minimum absolute atomic E-state index is 0.0370. The third kappa shape index (κ3) is 5.62. The molecular weight excluding hydrogens is 416 g/mol. The van der Waals surface area contributed by atoms with Crippen molar-refractivity contribution in [2.24, 2.45) is 0 Å². The standard InChI is InChI=1S/C23H24N2O5S/c1-30-20-14-12-19(13-15-20)25(31(28,29)21-10-6-3-7-11-21)17-23(27)24-16-22(26)18-8-4-2-5-9-18/h2-15,22,26H,16-17H2,1H3,(H,24,27)/t22-/m0/s1. The molecule has 0 fully saturated rings. The molecule has 3 rings (SSSR count). The lowest BCUT2D eigenvalue weighted by atomic mass is 10.1. The quantitative estimate of drug-likeness (QED) is 0.533. The molecule has 162 valence electrons. The molecule has 0 saturated heterocycles. The van der Waals surface area contributed by atoms with Gasteiger partial charge in [-0.2, -0.15) is 0 Å². The van der Waals surface area contributed by atoms with Crippen LogP contribution < -0.4 is 14.4 Å². The number of amides is 1. The third-order valence-corrected chi connectivity index (χ3v) is 6.44. The first kappa shape index (κ1) is 22.3. The fraction of sp³-hybridized carbons (Fsp3) is 0.174. The van der Waals surface area contributed by atoms with Crippen LogP contribution in [0.25, 0.3) is 0 Å². The molecule has 7 nitrogen and oxygen atoms in total. The predicted octanol–water partition coefficient (Wildman–Crippen LogP) is 2.74. The molecular formula is C23H24N2O5S. The van der Waals surface area contributed by atoms with E-state index >= 15 is 0 Å². The maximum absolute atomic E-state index is 13.2. The number of carbonyl (C=O) groups excluding carboxylic acids is 1. The van der Waals surface area contributed by atoms with Gasteiger partial charge in [0, 0.05) is 6.54 Å². The highest BCUT2D eigenvalue weighted by Gasteiger charge is 2.27. The highest BCUT2D eigenvalue weighted by atomic mass is 32.2. The van der Waals surface area contributed by atoms with E-state index < -0.39 is 28.6 Å². The van der Waals surface area contributed by atoms with E-state index in [1.54, 1.807) is 66.7 Å². The van der Waals surface area contributed by atoms with Crippen molar-refractivity contribution in [2.75, 3.05) is 24.5 Å². The number of benzene rings is 3. The number of sulfonamides is 1. The van der Waals surface area contributed by atoms with Crippen LogP contribution in [-0.4, -0.2) is 39.6 Å². The Morgan fingerprint density at radius 2 is 1.55 bits per heavy atom. The molecule has 2 N–H and O–H groups in total. The van der Waals surface area contributed by atoms with Crippen molar-refractivity contribution >= 4 is 21.6 Å². The second kappa shape index (κ2) is 10.1. The van der Waals surface area contributed by atoms with Crippen molar-refractivity contribution in [1.82, 2.24) is 5.32 Å². The predicted molar refractivity (Wildman–Crippen MR) is 118 cm³/mol. The number of methoxy groups -OCH3 is 1. The molecule has 0 bridgehead atoms. The molecule has 0 saturated carbocycles. The molecule has 3 aromatic rings. The highest BCUT2D eigenvalue weighted by molar-refractivity contribution is 7.92. The van der Waals surface area contributed by atoms with Crippen LogP contribution in [0.2, 0.25) is 0 Å². The van der Waals surface area contributed by atoms with Crippen LogP contribution in [0.5, 0.6) is 5.75 Å². The van der Waals surface area contributed by atoms with E-state index in [-0.39, 0.29) is 11.4 Å². The first-order valence-electron chi connectivity index (χ1n) is 9.63. The number of nitrogens with zero attached hydrogens (tertiary/aromatic N) is 1. The Morgan fingerprint density at radius 3 is 2.13 bits per heavy atom. The van der Waals surface area contributed by atoms with Gasteiger partial charge >= 0.3 is 0 Å². The molecule has 0 aliphatic carbocycles. The Balaban J connectivity index is 1.80. The van der Waals surface area contributed by atoms with Crippen LogP contribution >= 0.6 is 0 Å². The van der Waals surface area contributed by atoms with Crippen LogP contribution in [0, 0.1) is 0 Å². The van der Waals surface area contributed by atoms with Gasteiger partial charge in [-0.25, -0.2) is 8.42 Å². The smallest absolute Gasteiger partial charge is 0.264 e. The average molecular weight is 441 g/mol. The molecule has 0 spiro atoms. The third-order valence-electron chi connectivity index (χ3n) is 4.66. The van der Waals surface area contributed by atoms with Gasteiger partial charge in [-0.3, -0.25) is 9.10 Å². The molecule has 1 amide bonds. The van der Waals surface area contributed by atoms with Crippen LogP contribution in [-0.2, 0) is 14.8 Å². The van der Waals surface area contributed by atoms with Crippen molar-refractivity contribution in [1.29, 1.82) is 0 Å². The Bertz CT molecular complexity index is 1090. The number of ether oxygens (including phenoxy) is 1. The molecule has 3 aromatic carbocycles. The summed E-state index contributed by atoms with van der Waals surface area (Å²) in [6.07, 6.45) is -0.898. The highest BCUT2D eigenvalue weighted by Crippen LogP contribution is 2.25. The lowest BCUT2D eigenvalue weighted by Gasteiger charge is -2.24. The number of nitrogens with one attached hydrogen (secondary N) is 1. The number of rotatable bonds is 9. The summed E-state index contributed by atoms with van der Waals surface area (Å²) >= 11 is 0. The van der Waals surface area contributed by atoms with Gasteiger partial charge in [0.15, 0.2) is 0 Å². The number of carbonyl (C=O) groups is 1. The minimum atomic E-state index is -3.99. The van der Waals surface area contributed by atoms with Crippen LogP contribution in [0.1, 0.15) is 11.7 Å². The van der Waals surface area contributed by atoms with Gasteiger partial charge < -0.3 is 15.2 Å². The Hall–Kier alpha value is -3.36. The van der Waals surface area contributed by atoms with Gasteiger partial charge in [-0.1, -0.05) is 48.5 Å². The molecule has 0 aliphatic rings. The van der Waals surface area contributed by atoms with Crippen molar-refractivity contribution in [3.8, 4) is 5.75 Å². The summed E-state index contributed by atoms with van der Waals surface area (Å²) in [6.45, 7) is -0.476. The summed E-state index contributed by atoms with van der Waals surface area (Å²) in [4.78, 5) is 12.7. The van der Waals surface area contributed by atoms with Gasteiger partial charge in [0.25, 0.3) is 10.0 Å². The summed E-state index contributed by atoms with van der Waals surface area (Å²) in [5.41, 5.74) is 0.982. The van der Waals surface area contributed by atoms with Crippen LogP contribution in [0.15, 0.2) is 89.8 Å². The molecule has 0 radical (unpaired) electrons. The van der Waals surface area contributed by atoms with Crippen LogP contribution in [0.4, 0.5) is 5.69 Å². The second-order valence-corrected chi connectivity index (χ2v) is 8.62. The fourth-order valence-corrected chi connectivity index (χ4v) is 4.42. The number of anilines is 1. The first-order chi connectivity index (χ1) is 14.9. The molecule has 0 aliphatic heterocycles. The average Bonchev–Trinajstić information content (AvgIpc) is 2.82. The van der Waals surface area contributed by atoms with Gasteiger partial charge in [-0.05, 0) is 42.0 Å². The maximum atomic E-state index is 13.2. The van der Waals surface area contributed by atoms with E-state index in [9.17, 15) is 18.3 Å². The van der Waals surface area contributed by atoms with E-state index in [1.165, 1.54) is 19.2 Å². The molecule has 0 aromatic heterocycles. The van der Waals surface area contributed by atoms with Gasteiger partial charge in [-0.15, -0.1) is 0 Å². The monoisotopic (exact) mass is 440 g/mol. The van der Waals surface area contributed by atoms with E-state index in [4.69, 9.17) is 4.74 Å². The van der Waals surface area contributed by atoms with E-state index in [0.29, 0.717) is 17.0 Å². The SMILES string of the molecule is COc1ccc(N(CC(=O)NC[C@H](O)c2ccccc2)S(=O)(=O)c2ccccc2)cc1. The molecule has 31 heavy (non-hydrogen) atoms. The molecule has 8 heteroatoms. The second-order valence-electron chi connectivity index (χ2n) is 6.75. The number of aliphatic hydroxyl groups is 1. The first-order valence-corrected chi connectivity index (χ1v) is 11.1. The summed E-state index contributed by atoms with van der Waals surface area (Å²) < 4.78 is 32.7. The zero-order valence-corrected chi connectivity index (χ0v) is 17.8. The number of hydrogen-bond acceptors (Lipinski definition) is 5. The molecule has 0 heterocycles. The number of hydrogen-bond donors (Lipinski definition) is 2. The normalized spacial score (nSPS) is 12.1. The minimum Gasteiger partial charge on any atom is -0.497 e. The maximum Gasteiger partial charge on any atom is 0.264 e. The molecule has 0 unspecified atom stereocenters. The van der Waals surface area contributed by atoms with Crippen molar-refractivity contribution in [2.45, 2.75) is 11.0 Å². The zero-order valence-electron chi connectivity index (χ0n) is 17.0. The van der Waals surface area contributed by atoms with Crippen LogP contribution in [0.3, 0.4) is 0 Å². The van der Waals surface area contributed by atoms with E-state index in [2.05, 4.69) is 5.32 Å². The number of aliphatic hydroxyl groups excluding tert-OH is 1. The summed E-state index contributed by atoms with van der Waals surface area (Å²) in [7, 11) is -2.48. The summed E-state index contributed by atoms with van der Waals surface area (Å²) in [6, 6.07) is 23.2.